The number of thiophene rings is 1. The van der Waals surface area contributed by atoms with E-state index in [4.69, 9.17) is 5.73 Å². The van der Waals surface area contributed by atoms with Crippen LogP contribution in [0.15, 0.2) is 17.5 Å². The second-order valence-corrected chi connectivity index (χ2v) is 5.85. The monoisotopic (exact) mass is 252 g/mol. The molecule has 0 bridgehead atoms. The van der Waals surface area contributed by atoms with Gasteiger partial charge in [0.15, 0.2) is 0 Å². The van der Waals surface area contributed by atoms with Gasteiger partial charge in [-0.05, 0) is 30.7 Å². The Bertz CT molecular complexity index is 356. The molecule has 1 aliphatic carbocycles. The van der Waals surface area contributed by atoms with Crippen molar-refractivity contribution in [2.24, 2.45) is 5.73 Å². The van der Waals surface area contributed by atoms with E-state index >= 15 is 0 Å². The van der Waals surface area contributed by atoms with Crippen LogP contribution < -0.4 is 11.1 Å². The van der Waals surface area contributed by atoms with E-state index in [2.05, 4.69) is 11.4 Å². The Morgan fingerprint density at radius 2 is 2.24 bits per heavy atom. The lowest BCUT2D eigenvalue weighted by Gasteiger charge is -2.28. The van der Waals surface area contributed by atoms with E-state index in [1.807, 2.05) is 11.4 Å². The van der Waals surface area contributed by atoms with Gasteiger partial charge in [-0.15, -0.1) is 11.3 Å². The number of amides is 1. The molecule has 0 aliphatic heterocycles. The summed E-state index contributed by atoms with van der Waals surface area (Å²) in [6.45, 7) is 0.567. The topological polar surface area (TPSA) is 55.1 Å². The molecule has 1 fully saturated rings. The van der Waals surface area contributed by atoms with Crippen molar-refractivity contribution >= 4 is 17.2 Å². The van der Waals surface area contributed by atoms with Gasteiger partial charge in [0.05, 0.1) is 5.54 Å². The molecule has 94 valence electrons. The van der Waals surface area contributed by atoms with Crippen molar-refractivity contribution in [3.05, 3.63) is 22.4 Å². The first-order valence-corrected chi connectivity index (χ1v) is 7.15. The molecule has 17 heavy (non-hydrogen) atoms. The molecule has 2 rings (SSSR count). The zero-order valence-electron chi connectivity index (χ0n) is 10.1. The van der Waals surface area contributed by atoms with Gasteiger partial charge < -0.3 is 11.1 Å². The molecular formula is C13H20N2OS. The minimum Gasteiger partial charge on any atom is -0.349 e. The summed E-state index contributed by atoms with van der Waals surface area (Å²) in [6.07, 6.45) is 5.85. The lowest BCUT2D eigenvalue weighted by atomic mass is 9.97. The van der Waals surface area contributed by atoms with E-state index in [0.29, 0.717) is 13.0 Å². The molecule has 0 radical (unpaired) electrons. The highest BCUT2D eigenvalue weighted by atomic mass is 32.1. The van der Waals surface area contributed by atoms with Gasteiger partial charge in [-0.2, -0.15) is 0 Å². The summed E-state index contributed by atoms with van der Waals surface area (Å²) in [7, 11) is 0. The summed E-state index contributed by atoms with van der Waals surface area (Å²) < 4.78 is 0. The maximum atomic E-state index is 11.9. The average Bonchev–Trinajstić information content (AvgIpc) is 2.98. The fourth-order valence-corrected chi connectivity index (χ4v) is 3.19. The quantitative estimate of drug-likeness (QED) is 0.843. The Labute approximate surface area is 106 Å². The zero-order valence-corrected chi connectivity index (χ0v) is 10.9. The van der Waals surface area contributed by atoms with Crippen LogP contribution in [0.4, 0.5) is 0 Å². The predicted octanol–water partition coefficient (Wildman–Crippen LogP) is 2.07. The molecule has 3 N–H and O–H groups in total. The van der Waals surface area contributed by atoms with Crippen LogP contribution in [-0.4, -0.2) is 18.0 Å². The Morgan fingerprint density at radius 1 is 1.47 bits per heavy atom. The molecule has 1 aromatic heterocycles. The Balaban J connectivity index is 1.80. The van der Waals surface area contributed by atoms with Crippen LogP contribution in [-0.2, 0) is 11.2 Å². The Hall–Kier alpha value is -0.870. The van der Waals surface area contributed by atoms with Gasteiger partial charge in [-0.3, -0.25) is 4.79 Å². The second kappa shape index (κ2) is 5.65. The van der Waals surface area contributed by atoms with Gasteiger partial charge in [0.2, 0.25) is 5.91 Å². The molecule has 3 nitrogen and oxygen atoms in total. The lowest BCUT2D eigenvalue weighted by molar-refractivity contribution is -0.122. The summed E-state index contributed by atoms with van der Waals surface area (Å²) >= 11 is 1.71. The van der Waals surface area contributed by atoms with Gasteiger partial charge in [0, 0.05) is 17.8 Å². The summed E-state index contributed by atoms with van der Waals surface area (Å²) in [5, 5.41) is 5.19. The standard InChI is InChI=1S/C13H20N2OS/c14-10-13(7-1-2-8-13)15-12(16)6-5-11-4-3-9-17-11/h3-4,9H,1-2,5-8,10,14H2,(H,15,16). The van der Waals surface area contributed by atoms with E-state index in [-0.39, 0.29) is 11.4 Å². The van der Waals surface area contributed by atoms with E-state index in [1.165, 1.54) is 17.7 Å². The molecule has 1 amide bonds. The molecule has 0 atom stereocenters. The Morgan fingerprint density at radius 3 is 2.82 bits per heavy atom. The molecule has 0 unspecified atom stereocenters. The van der Waals surface area contributed by atoms with E-state index in [0.717, 1.165) is 19.3 Å². The van der Waals surface area contributed by atoms with Crippen molar-refractivity contribution in [2.45, 2.75) is 44.1 Å². The van der Waals surface area contributed by atoms with Crippen LogP contribution in [0.5, 0.6) is 0 Å². The maximum absolute atomic E-state index is 11.9. The van der Waals surface area contributed by atoms with Crippen molar-refractivity contribution in [3.63, 3.8) is 0 Å². The van der Waals surface area contributed by atoms with E-state index in [1.54, 1.807) is 11.3 Å². The first kappa shape index (κ1) is 12.6. The number of aryl methyl sites for hydroxylation is 1. The number of carbonyl (C=O) groups excluding carboxylic acids is 1. The van der Waals surface area contributed by atoms with Crippen LogP contribution in [0.1, 0.15) is 37.0 Å². The van der Waals surface area contributed by atoms with Gasteiger partial charge >= 0.3 is 0 Å². The smallest absolute Gasteiger partial charge is 0.220 e. The first-order valence-electron chi connectivity index (χ1n) is 6.28. The zero-order chi connectivity index (χ0) is 12.1. The number of rotatable bonds is 5. The maximum Gasteiger partial charge on any atom is 0.220 e. The first-order chi connectivity index (χ1) is 8.24. The summed E-state index contributed by atoms with van der Waals surface area (Å²) in [5.41, 5.74) is 5.69. The van der Waals surface area contributed by atoms with E-state index in [9.17, 15) is 4.79 Å². The molecule has 1 aliphatic rings. The molecular weight excluding hydrogens is 232 g/mol. The average molecular weight is 252 g/mol. The fraction of sp³-hybridized carbons (Fsp3) is 0.615. The number of hydrogen-bond donors (Lipinski definition) is 2. The van der Waals surface area contributed by atoms with Crippen molar-refractivity contribution in [1.82, 2.24) is 5.32 Å². The molecule has 0 spiro atoms. The van der Waals surface area contributed by atoms with Crippen LogP contribution >= 0.6 is 11.3 Å². The second-order valence-electron chi connectivity index (χ2n) is 4.82. The fourth-order valence-electron chi connectivity index (χ4n) is 2.48. The van der Waals surface area contributed by atoms with Crippen LogP contribution in [0.2, 0.25) is 0 Å². The molecule has 1 saturated carbocycles. The third-order valence-corrected chi connectivity index (χ3v) is 4.47. The van der Waals surface area contributed by atoms with Crippen molar-refractivity contribution in [1.29, 1.82) is 0 Å². The molecule has 1 heterocycles. The third kappa shape index (κ3) is 3.30. The third-order valence-electron chi connectivity index (χ3n) is 3.53. The minimum absolute atomic E-state index is 0.105. The SMILES string of the molecule is NCC1(NC(=O)CCc2cccs2)CCCC1. The van der Waals surface area contributed by atoms with Gasteiger partial charge in [-0.25, -0.2) is 0 Å². The van der Waals surface area contributed by atoms with Crippen molar-refractivity contribution in [3.8, 4) is 0 Å². The summed E-state index contributed by atoms with van der Waals surface area (Å²) in [6, 6.07) is 4.10. The number of nitrogens with two attached hydrogens (primary N) is 1. The van der Waals surface area contributed by atoms with Gasteiger partial charge in [-0.1, -0.05) is 18.9 Å². The number of nitrogens with one attached hydrogen (secondary N) is 1. The largest absolute Gasteiger partial charge is 0.349 e. The number of carbonyl (C=O) groups is 1. The van der Waals surface area contributed by atoms with Crippen LogP contribution in [0.3, 0.4) is 0 Å². The van der Waals surface area contributed by atoms with Crippen LogP contribution in [0, 0.1) is 0 Å². The highest BCUT2D eigenvalue weighted by Gasteiger charge is 2.33. The van der Waals surface area contributed by atoms with Gasteiger partial charge in [0.1, 0.15) is 0 Å². The van der Waals surface area contributed by atoms with Crippen LogP contribution in [0.25, 0.3) is 0 Å². The summed E-state index contributed by atoms with van der Waals surface area (Å²) in [4.78, 5) is 13.2. The molecule has 1 aromatic rings. The lowest BCUT2D eigenvalue weighted by Crippen LogP contribution is -2.51. The molecule has 0 saturated heterocycles. The van der Waals surface area contributed by atoms with Gasteiger partial charge in [0.25, 0.3) is 0 Å². The molecule has 0 aromatic carbocycles. The highest BCUT2D eigenvalue weighted by molar-refractivity contribution is 7.09. The predicted molar refractivity (Wildman–Crippen MR) is 71.0 cm³/mol. The highest BCUT2D eigenvalue weighted by Crippen LogP contribution is 2.28. The summed E-state index contributed by atoms with van der Waals surface area (Å²) in [5.74, 6) is 0.144. The van der Waals surface area contributed by atoms with E-state index < -0.39 is 0 Å². The molecule has 4 heteroatoms. The van der Waals surface area contributed by atoms with Crippen molar-refractivity contribution in [2.75, 3.05) is 6.54 Å². The number of hydrogen-bond acceptors (Lipinski definition) is 3. The minimum atomic E-state index is -0.105. The van der Waals surface area contributed by atoms with Crippen molar-refractivity contribution < 1.29 is 4.79 Å². The normalized spacial score (nSPS) is 18.2. The Kier molecular flexibility index (Phi) is 4.18.